The van der Waals surface area contributed by atoms with Crippen LogP contribution in [0.25, 0.3) is 21.7 Å². The van der Waals surface area contributed by atoms with Gasteiger partial charge >= 0.3 is 24.3 Å². The maximum Gasteiger partial charge on any atom is 0.491 e. The first-order valence-electron chi connectivity index (χ1n) is 30.4. The Bertz CT molecular complexity index is 3890. The van der Waals surface area contributed by atoms with E-state index in [1.165, 1.54) is 23.1 Å². The lowest BCUT2D eigenvalue weighted by Gasteiger charge is -2.38. The van der Waals surface area contributed by atoms with Crippen molar-refractivity contribution in [2.75, 3.05) is 57.6 Å². The number of azide groups is 1. The number of alkyl halides is 3. The highest BCUT2D eigenvalue weighted by atomic mass is 35.5. The molecule has 1 aliphatic heterocycles. The van der Waals surface area contributed by atoms with Crippen LogP contribution < -0.4 is 42.0 Å². The quantitative estimate of drug-likeness (QED) is 0.00536. The predicted octanol–water partition coefficient (Wildman–Crippen LogP) is 9.89. The molecule has 94 heavy (non-hydrogen) atoms. The van der Waals surface area contributed by atoms with Gasteiger partial charge in [0.2, 0.25) is 11.8 Å². The van der Waals surface area contributed by atoms with E-state index in [9.17, 15) is 42.4 Å². The lowest BCUT2D eigenvalue weighted by molar-refractivity contribution is -0.903. The van der Waals surface area contributed by atoms with Gasteiger partial charge in [0.25, 0.3) is 11.8 Å². The number of ether oxygens (including phenoxy) is 2. The Hall–Kier alpha value is -9.87. The van der Waals surface area contributed by atoms with Crippen LogP contribution in [0.15, 0.2) is 102 Å². The molecule has 7 amide bonds. The number of nitrogens with zero attached hydrogens (tertiary/aromatic N) is 9. The van der Waals surface area contributed by atoms with E-state index in [1.54, 1.807) is 81.3 Å². The molecule has 6 aromatic rings. The Balaban J connectivity index is 1.10. The molecule has 4 aromatic carbocycles. The lowest BCUT2D eigenvalue weighted by Crippen LogP contribution is -2.54. The molecule has 28 heteroatoms. The molecule has 0 saturated heterocycles. The van der Waals surface area contributed by atoms with Gasteiger partial charge < -0.3 is 60.3 Å². The number of aromatic nitrogens is 2. The topological polar surface area (TPSA) is 313 Å². The molecule has 0 saturated carbocycles. The Labute approximate surface area is 547 Å². The number of esters is 1. The Morgan fingerprint density at radius 1 is 0.894 bits per heavy atom. The van der Waals surface area contributed by atoms with Crippen LogP contribution in [0.4, 0.5) is 39.8 Å². The second-order valence-electron chi connectivity index (χ2n) is 23.9. The first-order chi connectivity index (χ1) is 44.5. The number of rotatable bonds is 27. The van der Waals surface area contributed by atoms with Gasteiger partial charge in [0.15, 0.2) is 0 Å². The third-order valence-corrected chi connectivity index (χ3v) is 16.8. The van der Waals surface area contributed by atoms with E-state index in [4.69, 9.17) is 27.6 Å². The van der Waals surface area contributed by atoms with Crippen LogP contribution >= 0.6 is 11.6 Å². The number of halogens is 4. The number of nitrogens with one attached hydrogen (secondary N) is 5. The number of alkyl carbamates (subject to hydrolysis) is 1. The molecule has 0 spiro atoms. The van der Waals surface area contributed by atoms with Crippen molar-refractivity contribution in [3.63, 3.8) is 0 Å². The van der Waals surface area contributed by atoms with Gasteiger partial charge in [-0.1, -0.05) is 60.9 Å². The van der Waals surface area contributed by atoms with Crippen molar-refractivity contribution >= 4 is 70.4 Å². The van der Waals surface area contributed by atoms with Gasteiger partial charge in [0.05, 0.1) is 45.0 Å². The highest BCUT2D eigenvalue weighted by Gasteiger charge is 2.42. The van der Waals surface area contributed by atoms with Crippen LogP contribution in [-0.2, 0) is 59.3 Å². The standard InChI is InChI=1S/C66H77ClF3N15O9/c1-39(2)58(79-65(92)93-29-27-76-80-73)60(87)78-55(17-12-26-75-64(72)91)59(86)77-47-20-18-44(45(30-47)36-74-5)38-85(8,9)28-13-16-49-31-42-14-10-11-15-43(42)37-83(49)61(88)52-25-19-46(67)32-54(52)57-34-53(40(3)82(57)7)62(89)84(56-33-50(35-71)81(6)41(56)4)48-21-23-51(24-22-48)94-63(90)66(68,69)70/h10-11,14-15,18-25,30,32-34,39,49,55,58,74H,12-13,16-17,26-29,31,36-38H2,1-9H3,(H5-,72,75,77,78,79,86,87,91,92)/p+1/t49-,55+,58+/m1/s1. The monoisotopic (exact) mass is 1320 g/mol. The van der Waals surface area contributed by atoms with E-state index in [0.29, 0.717) is 88.1 Å². The molecule has 2 aromatic heterocycles. The normalized spacial score (nSPS) is 13.5. The molecule has 0 radical (unpaired) electrons. The fraction of sp³-hybridized carbons (Fsp3) is 0.394. The molecular weight excluding hydrogens is 1240 g/mol. The predicted molar refractivity (Wildman–Crippen MR) is 347 cm³/mol. The molecule has 0 fully saturated rings. The zero-order chi connectivity index (χ0) is 68.8. The maximum atomic E-state index is 15.5. The smallest absolute Gasteiger partial charge is 0.449 e. The molecule has 1 aliphatic rings. The number of benzene rings is 4. The first-order valence-corrected chi connectivity index (χ1v) is 30.7. The molecule has 498 valence electrons. The van der Waals surface area contributed by atoms with Crippen LogP contribution in [0.3, 0.4) is 0 Å². The van der Waals surface area contributed by atoms with Gasteiger partial charge in [0.1, 0.15) is 36.1 Å². The average Bonchev–Trinajstić information content (AvgIpc) is 1.55. The van der Waals surface area contributed by atoms with Gasteiger partial charge in [-0.3, -0.25) is 24.1 Å². The largest absolute Gasteiger partial charge is 0.491 e. The minimum Gasteiger partial charge on any atom is -0.449 e. The highest BCUT2D eigenvalue weighted by Crippen LogP contribution is 2.38. The van der Waals surface area contributed by atoms with E-state index in [2.05, 4.69) is 67.6 Å². The number of quaternary nitrogens is 1. The van der Waals surface area contributed by atoms with Gasteiger partial charge in [-0.2, -0.15) is 18.4 Å². The van der Waals surface area contributed by atoms with Crippen molar-refractivity contribution < 1.29 is 60.7 Å². The van der Waals surface area contributed by atoms with Gasteiger partial charge in [0, 0.05) is 94.9 Å². The van der Waals surface area contributed by atoms with Crippen molar-refractivity contribution in [1.29, 1.82) is 5.26 Å². The van der Waals surface area contributed by atoms with Gasteiger partial charge in [-0.15, -0.1) is 0 Å². The van der Waals surface area contributed by atoms with Crippen molar-refractivity contribution in [2.24, 2.45) is 30.9 Å². The molecule has 7 N–H and O–H groups in total. The highest BCUT2D eigenvalue weighted by molar-refractivity contribution is 6.31. The van der Waals surface area contributed by atoms with Gasteiger partial charge in [-0.25, -0.2) is 14.4 Å². The second-order valence-corrected chi connectivity index (χ2v) is 24.4. The Morgan fingerprint density at radius 3 is 2.26 bits per heavy atom. The maximum absolute atomic E-state index is 15.5. The summed E-state index contributed by atoms with van der Waals surface area (Å²) in [6.45, 7) is 8.76. The summed E-state index contributed by atoms with van der Waals surface area (Å²) in [5, 5.41) is 27.6. The molecular formula is C66H78ClF3N15O9+. The number of hydrogen-bond donors (Lipinski definition) is 6. The van der Waals surface area contributed by atoms with Gasteiger partial charge in [-0.05, 0) is 148 Å². The summed E-state index contributed by atoms with van der Waals surface area (Å²) in [4.78, 5) is 99.9. The molecule has 0 bridgehead atoms. The molecule has 7 rings (SSSR count). The lowest BCUT2D eigenvalue weighted by atomic mass is 9.90. The summed E-state index contributed by atoms with van der Waals surface area (Å²) in [5.74, 6) is -5.27. The number of anilines is 3. The summed E-state index contributed by atoms with van der Waals surface area (Å²) in [6.07, 6.45) is -3.84. The number of fused-ring (bicyclic) bond motifs is 1. The molecule has 24 nitrogen and oxygen atoms in total. The minimum atomic E-state index is -5.25. The van der Waals surface area contributed by atoms with E-state index in [-0.39, 0.29) is 61.4 Å². The van der Waals surface area contributed by atoms with E-state index >= 15 is 9.59 Å². The Kier molecular flexibility index (Phi) is 24.1. The number of urea groups is 1. The summed E-state index contributed by atoms with van der Waals surface area (Å²) in [6, 6.07) is 25.7. The SMILES string of the molecule is CNCc1cc(NC(=O)[C@H](CCCNC(N)=O)NC(=O)[C@@H](NC(=O)OCCN=[N+]=[N-])C(C)C)ccc1C[N+](C)(C)CCC[C@@H]1Cc2ccccc2CN1C(=O)c1ccc(Cl)cc1-c1cc(C(=O)N(c2ccc(OC(=O)C(F)(F)F)cc2)c2cc(C#N)n(C)c2C)c(C)n1C. The second kappa shape index (κ2) is 31.6. The molecule has 3 heterocycles. The van der Waals surface area contributed by atoms with Crippen LogP contribution in [0.1, 0.15) is 99.6 Å². The number of nitriles is 1. The number of nitrogens with two attached hydrogens (primary N) is 1. The summed E-state index contributed by atoms with van der Waals surface area (Å²) >= 11 is 6.76. The fourth-order valence-corrected chi connectivity index (χ4v) is 11.5. The zero-order valence-electron chi connectivity index (χ0n) is 53.8. The zero-order valence-corrected chi connectivity index (χ0v) is 54.6. The summed E-state index contributed by atoms with van der Waals surface area (Å²) in [5.41, 5.74) is 21.5. The van der Waals surface area contributed by atoms with E-state index in [1.807, 2.05) is 42.3 Å². The number of hydrogen-bond acceptors (Lipinski definition) is 12. The molecule has 3 atom stereocenters. The van der Waals surface area contributed by atoms with E-state index in [0.717, 1.165) is 40.8 Å². The summed E-state index contributed by atoms with van der Waals surface area (Å²) in [7, 11) is 9.48. The third kappa shape index (κ3) is 18.0. The molecule has 0 unspecified atom stereocenters. The number of carbonyl (C=O) groups is 7. The van der Waals surface area contributed by atoms with Crippen molar-refractivity contribution in [2.45, 2.75) is 104 Å². The van der Waals surface area contributed by atoms with Crippen LogP contribution in [0, 0.1) is 31.1 Å². The number of amides is 7. The minimum absolute atomic E-state index is 0.0997. The first kappa shape index (κ1) is 71.6. The van der Waals surface area contributed by atoms with Crippen LogP contribution in [0.2, 0.25) is 5.02 Å². The number of primary amides is 1. The van der Waals surface area contributed by atoms with Crippen molar-refractivity contribution in [3.8, 4) is 23.1 Å². The van der Waals surface area contributed by atoms with Crippen LogP contribution in [0.5, 0.6) is 5.75 Å². The number of carbonyl (C=O) groups excluding carboxylic acids is 7. The summed E-state index contributed by atoms with van der Waals surface area (Å²) < 4.78 is 52.9. The third-order valence-electron chi connectivity index (χ3n) is 16.5. The fourth-order valence-electron chi connectivity index (χ4n) is 11.4. The van der Waals surface area contributed by atoms with Crippen molar-refractivity contribution in [3.05, 3.63) is 163 Å². The average molecular weight is 1320 g/mol. The van der Waals surface area contributed by atoms with Crippen LogP contribution in [-0.4, -0.2) is 132 Å². The Morgan fingerprint density at radius 2 is 1.61 bits per heavy atom. The molecule has 0 aliphatic carbocycles. The van der Waals surface area contributed by atoms with Crippen molar-refractivity contribution in [1.82, 2.24) is 35.3 Å². The van der Waals surface area contributed by atoms with E-state index < -0.39 is 65.7 Å².